The van der Waals surface area contributed by atoms with Crippen LogP contribution in [-0.4, -0.2) is 35.0 Å². The van der Waals surface area contributed by atoms with E-state index in [1.807, 2.05) is 0 Å². The third-order valence-electron chi connectivity index (χ3n) is 3.44. The van der Waals surface area contributed by atoms with Gasteiger partial charge in [-0.25, -0.2) is 0 Å². The van der Waals surface area contributed by atoms with Gasteiger partial charge in [0.15, 0.2) is 0 Å². The number of nitrogens with one attached hydrogen (secondary N) is 1. The molecule has 0 saturated carbocycles. The molecule has 1 rings (SSSR count). The van der Waals surface area contributed by atoms with Crippen LogP contribution >= 0.6 is 0 Å². The van der Waals surface area contributed by atoms with Crippen molar-refractivity contribution in [3.05, 3.63) is 39.7 Å². The highest BCUT2D eigenvalue weighted by Crippen LogP contribution is 2.19. The Labute approximate surface area is 125 Å². The van der Waals surface area contributed by atoms with Crippen LogP contribution in [0.15, 0.2) is 18.2 Å². The van der Waals surface area contributed by atoms with Gasteiger partial charge in [0.1, 0.15) is 0 Å². The topological polar surface area (TPSA) is 58.4 Å². The van der Waals surface area contributed by atoms with E-state index in [2.05, 4.69) is 37.9 Å². The molecule has 0 aliphatic heterocycles. The maximum atomic E-state index is 13.9. The Morgan fingerprint density at radius 3 is 2.43 bits per heavy atom. The molecule has 5 nitrogen and oxygen atoms in total. The fourth-order valence-electron chi connectivity index (χ4n) is 2.39. The summed E-state index contributed by atoms with van der Waals surface area (Å²) in [6, 6.07) is 5.14. The van der Waals surface area contributed by atoms with Crippen LogP contribution in [0.2, 0.25) is 0 Å². The summed E-state index contributed by atoms with van der Waals surface area (Å²) in [6.45, 7) is 10.4. The van der Waals surface area contributed by atoms with Crippen molar-refractivity contribution in [1.29, 1.82) is 0 Å². The molecular weight excluding hydrogens is 273 g/mol. The first kappa shape index (κ1) is 17.5. The molecule has 0 unspecified atom stereocenters. The first-order valence-corrected chi connectivity index (χ1v) is 7.22. The van der Waals surface area contributed by atoms with E-state index in [4.69, 9.17) is 0 Å². The van der Waals surface area contributed by atoms with E-state index >= 15 is 0 Å². The molecule has 1 aromatic rings. The summed E-state index contributed by atoms with van der Waals surface area (Å²) in [5, 5.41) is 13.8. The number of nitro groups is 1. The first-order valence-electron chi connectivity index (χ1n) is 7.22. The summed E-state index contributed by atoms with van der Waals surface area (Å²) in [5.74, 6) is -0.750. The number of nitrogens with zero attached hydrogens (tertiary/aromatic N) is 2. The van der Waals surface area contributed by atoms with Crippen LogP contribution < -0.4 is 5.32 Å². The zero-order valence-corrected chi connectivity index (χ0v) is 13.1. The van der Waals surface area contributed by atoms with Crippen molar-refractivity contribution in [2.75, 3.05) is 13.1 Å². The van der Waals surface area contributed by atoms with Gasteiger partial charge in [0.25, 0.3) is 0 Å². The van der Waals surface area contributed by atoms with Crippen LogP contribution in [0.5, 0.6) is 0 Å². The van der Waals surface area contributed by atoms with Gasteiger partial charge in [-0.15, -0.1) is 0 Å². The molecule has 21 heavy (non-hydrogen) atoms. The van der Waals surface area contributed by atoms with Crippen molar-refractivity contribution in [3.8, 4) is 0 Å². The van der Waals surface area contributed by atoms with Crippen molar-refractivity contribution in [3.63, 3.8) is 0 Å². The Hall–Kier alpha value is -1.53. The smallest absolute Gasteiger partial charge is 0.305 e. The molecule has 0 bridgehead atoms. The highest BCUT2D eigenvalue weighted by molar-refractivity contribution is 5.36. The fraction of sp³-hybridized carbons (Fsp3) is 0.600. The molecule has 0 spiro atoms. The highest BCUT2D eigenvalue weighted by Gasteiger charge is 2.17. The Balaban J connectivity index is 2.53. The lowest BCUT2D eigenvalue weighted by Gasteiger charge is -2.30. The average molecular weight is 297 g/mol. The molecule has 6 heteroatoms. The molecule has 0 aliphatic rings. The van der Waals surface area contributed by atoms with Crippen molar-refractivity contribution in [2.24, 2.45) is 0 Å². The molecule has 1 N–H and O–H groups in total. The average Bonchev–Trinajstić information content (AvgIpc) is 2.38. The molecule has 0 amide bonds. The maximum absolute atomic E-state index is 13.9. The lowest BCUT2D eigenvalue weighted by atomic mass is 10.2. The van der Waals surface area contributed by atoms with Gasteiger partial charge in [-0.2, -0.15) is 4.39 Å². The SMILES string of the molecule is CC(C)N(CCNCc1cccc([N+](=O)[O-])c1F)C(C)C. The normalized spacial score (nSPS) is 11.6. The van der Waals surface area contributed by atoms with Crippen LogP contribution in [0.1, 0.15) is 33.3 Å². The van der Waals surface area contributed by atoms with Crippen LogP contribution in [0.4, 0.5) is 10.1 Å². The van der Waals surface area contributed by atoms with Crippen LogP contribution in [-0.2, 0) is 6.54 Å². The van der Waals surface area contributed by atoms with Crippen molar-refractivity contribution >= 4 is 5.69 Å². The number of rotatable bonds is 8. The summed E-state index contributed by atoms with van der Waals surface area (Å²) < 4.78 is 13.9. The Morgan fingerprint density at radius 1 is 1.29 bits per heavy atom. The lowest BCUT2D eigenvalue weighted by molar-refractivity contribution is -0.387. The zero-order chi connectivity index (χ0) is 16.0. The monoisotopic (exact) mass is 297 g/mol. The summed E-state index contributed by atoms with van der Waals surface area (Å²) >= 11 is 0. The summed E-state index contributed by atoms with van der Waals surface area (Å²) in [4.78, 5) is 12.3. The Kier molecular flexibility index (Phi) is 6.71. The van der Waals surface area contributed by atoms with Gasteiger partial charge < -0.3 is 5.32 Å². The summed E-state index contributed by atoms with van der Waals surface area (Å²) in [7, 11) is 0. The van der Waals surface area contributed by atoms with E-state index in [9.17, 15) is 14.5 Å². The molecule has 0 aromatic heterocycles. The van der Waals surface area contributed by atoms with Crippen molar-refractivity contribution in [1.82, 2.24) is 10.2 Å². The first-order chi connectivity index (χ1) is 9.84. The number of hydrogen-bond acceptors (Lipinski definition) is 4. The third kappa shape index (κ3) is 5.06. The van der Waals surface area contributed by atoms with E-state index in [-0.39, 0.29) is 6.54 Å². The summed E-state index contributed by atoms with van der Waals surface area (Å²) in [6.07, 6.45) is 0. The predicted molar refractivity (Wildman–Crippen MR) is 81.7 cm³/mol. The number of halogens is 1. The molecule has 118 valence electrons. The van der Waals surface area contributed by atoms with Gasteiger partial charge in [-0.3, -0.25) is 15.0 Å². The van der Waals surface area contributed by atoms with Gasteiger partial charge in [0, 0.05) is 43.3 Å². The minimum atomic E-state index is -0.750. The second-order valence-corrected chi connectivity index (χ2v) is 5.61. The molecule has 0 atom stereocenters. The van der Waals surface area contributed by atoms with E-state index in [1.54, 1.807) is 6.07 Å². The maximum Gasteiger partial charge on any atom is 0.305 e. The van der Waals surface area contributed by atoms with E-state index < -0.39 is 16.4 Å². The standard InChI is InChI=1S/C15H24FN3O2/c1-11(2)18(12(3)4)9-8-17-10-13-6-5-7-14(15(13)16)19(20)21/h5-7,11-12,17H,8-10H2,1-4H3. The van der Waals surface area contributed by atoms with Crippen LogP contribution in [0.25, 0.3) is 0 Å². The van der Waals surface area contributed by atoms with Gasteiger partial charge in [-0.05, 0) is 27.7 Å². The third-order valence-corrected chi connectivity index (χ3v) is 3.44. The van der Waals surface area contributed by atoms with Crippen LogP contribution in [0.3, 0.4) is 0 Å². The second kappa shape index (κ2) is 8.05. The lowest BCUT2D eigenvalue weighted by Crippen LogP contribution is -2.41. The minimum Gasteiger partial charge on any atom is -0.311 e. The van der Waals surface area contributed by atoms with Gasteiger partial charge >= 0.3 is 5.69 Å². The predicted octanol–water partition coefficient (Wildman–Crippen LogP) is 2.94. The molecule has 0 radical (unpaired) electrons. The van der Waals surface area contributed by atoms with E-state index in [0.29, 0.717) is 24.2 Å². The second-order valence-electron chi connectivity index (χ2n) is 5.61. The van der Waals surface area contributed by atoms with Crippen LogP contribution in [0, 0.1) is 15.9 Å². The van der Waals surface area contributed by atoms with Gasteiger partial charge in [0.2, 0.25) is 5.82 Å². The number of hydrogen-bond donors (Lipinski definition) is 1. The zero-order valence-electron chi connectivity index (χ0n) is 13.1. The Bertz CT molecular complexity index is 470. The quantitative estimate of drug-likeness (QED) is 0.455. The molecule has 0 fully saturated rings. The fourth-order valence-corrected chi connectivity index (χ4v) is 2.39. The highest BCUT2D eigenvalue weighted by atomic mass is 19.1. The van der Waals surface area contributed by atoms with E-state index in [0.717, 1.165) is 6.54 Å². The van der Waals surface area contributed by atoms with Crippen molar-refractivity contribution < 1.29 is 9.31 Å². The van der Waals surface area contributed by atoms with E-state index in [1.165, 1.54) is 12.1 Å². The Morgan fingerprint density at radius 2 is 1.90 bits per heavy atom. The van der Waals surface area contributed by atoms with Crippen molar-refractivity contribution in [2.45, 2.75) is 46.3 Å². The molecule has 1 aromatic carbocycles. The minimum absolute atomic E-state index is 0.289. The molecule has 0 heterocycles. The number of nitro benzene ring substituents is 1. The molecule has 0 aliphatic carbocycles. The molecular formula is C15H24FN3O2. The van der Waals surface area contributed by atoms with Gasteiger partial charge in [-0.1, -0.05) is 12.1 Å². The van der Waals surface area contributed by atoms with Gasteiger partial charge in [0.05, 0.1) is 4.92 Å². The summed E-state index contributed by atoms with van der Waals surface area (Å²) in [5.41, 5.74) is -0.148. The molecule has 0 saturated heterocycles. The number of benzene rings is 1. The largest absolute Gasteiger partial charge is 0.311 e.